The molecule has 1 aromatic carbocycles. The molecule has 0 saturated heterocycles. The lowest BCUT2D eigenvalue weighted by atomic mass is 10.1. The van der Waals surface area contributed by atoms with Crippen LogP contribution >= 0.6 is 0 Å². The third-order valence-electron chi connectivity index (χ3n) is 2.67. The zero-order valence-corrected chi connectivity index (χ0v) is 10.5. The number of nitrogens with one attached hydrogen (secondary N) is 1. The fourth-order valence-electron chi connectivity index (χ4n) is 1.76. The van der Waals surface area contributed by atoms with Gasteiger partial charge in [-0.25, -0.2) is 0 Å². The molecular weight excluding hydrogens is 257 g/mol. The summed E-state index contributed by atoms with van der Waals surface area (Å²) in [5.74, 6) is 0. The van der Waals surface area contributed by atoms with E-state index in [9.17, 15) is 13.2 Å². The van der Waals surface area contributed by atoms with Gasteiger partial charge in [0, 0.05) is 11.7 Å². The third kappa shape index (κ3) is 4.14. The Hall–Kier alpha value is -1.74. The fourth-order valence-corrected chi connectivity index (χ4v) is 1.76. The standard InChI is InChI=1S/C13H15F3N2O/c1-2-3-11(8-19)18-10-5-4-9(7-17)12(6-10)13(14,15)16/h4-6,11,18-19H,2-3,8H2,1H3/t11-/m0/s1. The van der Waals surface area contributed by atoms with Crippen LogP contribution in [0.5, 0.6) is 0 Å². The van der Waals surface area contributed by atoms with E-state index >= 15 is 0 Å². The molecule has 0 aliphatic carbocycles. The minimum absolute atomic E-state index is 0.158. The van der Waals surface area contributed by atoms with Crippen molar-refractivity contribution in [3.63, 3.8) is 0 Å². The van der Waals surface area contributed by atoms with Gasteiger partial charge in [-0.15, -0.1) is 0 Å². The van der Waals surface area contributed by atoms with E-state index in [1.165, 1.54) is 12.1 Å². The van der Waals surface area contributed by atoms with Gasteiger partial charge in [0.15, 0.2) is 0 Å². The maximum Gasteiger partial charge on any atom is 0.417 e. The van der Waals surface area contributed by atoms with Crippen LogP contribution in [0.4, 0.5) is 18.9 Å². The number of hydrogen-bond donors (Lipinski definition) is 2. The van der Waals surface area contributed by atoms with Crippen LogP contribution in [0.3, 0.4) is 0 Å². The van der Waals surface area contributed by atoms with Crippen LogP contribution in [0, 0.1) is 11.3 Å². The number of alkyl halides is 3. The first kappa shape index (κ1) is 15.3. The van der Waals surface area contributed by atoms with Gasteiger partial charge >= 0.3 is 6.18 Å². The second-order valence-corrected chi connectivity index (χ2v) is 4.18. The molecule has 0 bridgehead atoms. The van der Waals surface area contributed by atoms with Gasteiger partial charge in [-0.3, -0.25) is 0 Å². The highest BCUT2D eigenvalue weighted by Crippen LogP contribution is 2.33. The monoisotopic (exact) mass is 272 g/mol. The Morgan fingerprint density at radius 1 is 1.42 bits per heavy atom. The van der Waals surface area contributed by atoms with E-state index < -0.39 is 17.3 Å². The number of rotatable bonds is 5. The summed E-state index contributed by atoms with van der Waals surface area (Å²) in [6.45, 7) is 1.76. The number of hydrogen-bond acceptors (Lipinski definition) is 3. The number of anilines is 1. The molecule has 0 aromatic heterocycles. The minimum atomic E-state index is -4.57. The van der Waals surface area contributed by atoms with E-state index in [2.05, 4.69) is 5.32 Å². The Morgan fingerprint density at radius 2 is 2.11 bits per heavy atom. The summed E-state index contributed by atoms with van der Waals surface area (Å²) in [4.78, 5) is 0. The summed E-state index contributed by atoms with van der Waals surface area (Å²) in [6.07, 6.45) is -3.11. The van der Waals surface area contributed by atoms with Crippen molar-refractivity contribution in [2.75, 3.05) is 11.9 Å². The van der Waals surface area contributed by atoms with Crippen LogP contribution in [0.1, 0.15) is 30.9 Å². The highest BCUT2D eigenvalue weighted by Gasteiger charge is 2.33. The molecule has 3 nitrogen and oxygen atoms in total. The van der Waals surface area contributed by atoms with Crippen molar-refractivity contribution in [3.8, 4) is 6.07 Å². The van der Waals surface area contributed by atoms with Crippen molar-refractivity contribution in [1.82, 2.24) is 0 Å². The van der Waals surface area contributed by atoms with Crippen molar-refractivity contribution in [1.29, 1.82) is 5.26 Å². The highest BCUT2D eigenvalue weighted by atomic mass is 19.4. The largest absolute Gasteiger partial charge is 0.417 e. The molecule has 19 heavy (non-hydrogen) atoms. The molecule has 0 radical (unpaired) electrons. The molecule has 0 spiro atoms. The van der Waals surface area contributed by atoms with Crippen molar-refractivity contribution in [2.45, 2.75) is 32.0 Å². The Kier molecular flexibility index (Phi) is 5.19. The summed E-state index contributed by atoms with van der Waals surface area (Å²) in [6, 6.07) is 4.67. The van der Waals surface area contributed by atoms with Gasteiger partial charge in [0.2, 0.25) is 0 Å². The topological polar surface area (TPSA) is 56.0 Å². The summed E-state index contributed by atoms with van der Waals surface area (Å²) >= 11 is 0. The fraction of sp³-hybridized carbons (Fsp3) is 0.462. The summed E-state index contributed by atoms with van der Waals surface area (Å²) in [7, 11) is 0. The SMILES string of the molecule is CCC[C@@H](CO)Nc1ccc(C#N)c(C(F)(F)F)c1. The lowest BCUT2D eigenvalue weighted by Gasteiger charge is -2.18. The molecule has 0 saturated carbocycles. The number of halogens is 3. The van der Waals surface area contributed by atoms with Crippen LogP contribution in [0.15, 0.2) is 18.2 Å². The molecule has 1 rings (SSSR count). The first-order valence-corrected chi connectivity index (χ1v) is 5.91. The van der Waals surface area contributed by atoms with Gasteiger partial charge in [0.25, 0.3) is 0 Å². The maximum absolute atomic E-state index is 12.8. The minimum Gasteiger partial charge on any atom is -0.394 e. The second kappa shape index (κ2) is 6.43. The van der Waals surface area contributed by atoms with Crippen LogP contribution in [-0.2, 0) is 6.18 Å². The van der Waals surface area contributed by atoms with E-state index in [0.29, 0.717) is 6.42 Å². The van der Waals surface area contributed by atoms with E-state index in [-0.39, 0.29) is 18.3 Å². The zero-order chi connectivity index (χ0) is 14.5. The summed E-state index contributed by atoms with van der Waals surface area (Å²) in [5, 5.41) is 20.6. The van der Waals surface area contributed by atoms with Gasteiger partial charge in [-0.05, 0) is 24.6 Å². The van der Waals surface area contributed by atoms with Crippen LogP contribution in [0.25, 0.3) is 0 Å². The van der Waals surface area contributed by atoms with Crippen molar-refractivity contribution in [3.05, 3.63) is 29.3 Å². The van der Waals surface area contributed by atoms with Crippen molar-refractivity contribution >= 4 is 5.69 Å². The number of aliphatic hydroxyl groups is 1. The lowest BCUT2D eigenvalue weighted by molar-refractivity contribution is -0.137. The maximum atomic E-state index is 12.8. The van der Waals surface area contributed by atoms with Gasteiger partial charge in [0.1, 0.15) is 0 Å². The Labute approximate surface area is 109 Å². The van der Waals surface area contributed by atoms with Gasteiger partial charge in [0.05, 0.1) is 23.8 Å². The van der Waals surface area contributed by atoms with Crippen molar-refractivity contribution in [2.24, 2.45) is 0 Å². The van der Waals surface area contributed by atoms with Gasteiger partial charge in [-0.1, -0.05) is 13.3 Å². The average Bonchev–Trinajstić information content (AvgIpc) is 2.37. The third-order valence-corrected chi connectivity index (χ3v) is 2.67. The molecule has 0 aliphatic rings. The Bertz CT molecular complexity index is 466. The average molecular weight is 272 g/mol. The van der Waals surface area contributed by atoms with Gasteiger partial charge < -0.3 is 10.4 Å². The molecule has 0 unspecified atom stereocenters. The first-order chi connectivity index (χ1) is 8.92. The molecule has 1 aromatic rings. The molecule has 0 amide bonds. The summed E-state index contributed by atoms with van der Waals surface area (Å²) < 4.78 is 38.3. The quantitative estimate of drug-likeness (QED) is 0.865. The molecule has 1 atom stereocenters. The number of nitrogens with zero attached hydrogens (tertiary/aromatic N) is 1. The molecule has 2 N–H and O–H groups in total. The second-order valence-electron chi connectivity index (χ2n) is 4.18. The summed E-state index contributed by atoms with van der Waals surface area (Å²) in [5.41, 5.74) is -1.12. The highest BCUT2D eigenvalue weighted by molar-refractivity contribution is 5.53. The van der Waals surface area contributed by atoms with Gasteiger partial charge in [-0.2, -0.15) is 18.4 Å². The number of aliphatic hydroxyl groups excluding tert-OH is 1. The number of nitriles is 1. The predicted octanol–water partition coefficient (Wildman–Crippen LogP) is 3.15. The Balaban J connectivity index is 3.02. The van der Waals surface area contributed by atoms with E-state index in [1.807, 2.05) is 6.92 Å². The molecule has 0 heterocycles. The first-order valence-electron chi connectivity index (χ1n) is 5.91. The molecule has 6 heteroatoms. The lowest BCUT2D eigenvalue weighted by Crippen LogP contribution is -2.23. The van der Waals surface area contributed by atoms with Crippen LogP contribution < -0.4 is 5.32 Å². The Morgan fingerprint density at radius 3 is 2.58 bits per heavy atom. The molecule has 0 aliphatic heterocycles. The zero-order valence-electron chi connectivity index (χ0n) is 10.5. The molecule has 0 fully saturated rings. The predicted molar refractivity (Wildman–Crippen MR) is 65.6 cm³/mol. The van der Waals surface area contributed by atoms with Crippen LogP contribution in [-0.4, -0.2) is 17.8 Å². The van der Waals surface area contributed by atoms with Crippen LogP contribution in [0.2, 0.25) is 0 Å². The van der Waals surface area contributed by atoms with E-state index in [4.69, 9.17) is 10.4 Å². The molecule has 104 valence electrons. The van der Waals surface area contributed by atoms with E-state index in [1.54, 1.807) is 0 Å². The smallest absolute Gasteiger partial charge is 0.394 e. The molecular formula is C13H15F3N2O. The van der Waals surface area contributed by atoms with E-state index in [0.717, 1.165) is 18.6 Å². The van der Waals surface area contributed by atoms with Crippen molar-refractivity contribution < 1.29 is 18.3 Å². The number of benzene rings is 1. The normalized spacial score (nSPS) is 12.8.